The van der Waals surface area contributed by atoms with Crippen LogP contribution in [0.25, 0.3) is 16.9 Å². The molecule has 0 saturated carbocycles. The molecular weight excluding hydrogens is 544 g/mol. The monoisotopic (exact) mass is 571 g/mol. The van der Waals surface area contributed by atoms with Crippen molar-refractivity contribution in [3.8, 4) is 23.0 Å². The zero-order valence-corrected chi connectivity index (χ0v) is 22.7. The molecule has 0 aliphatic carbocycles. The van der Waals surface area contributed by atoms with Crippen LogP contribution in [0.4, 0.5) is 20.3 Å². The third-order valence-corrected chi connectivity index (χ3v) is 7.46. The Bertz CT molecular complexity index is 1690. The molecule has 6 rings (SSSR count). The Morgan fingerprint density at radius 2 is 1.74 bits per heavy atom. The van der Waals surface area contributed by atoms with Gasteiger partial charge in [-0.2, -0.15) is 8.78 Å². The van der Waals surface area contributed by atoms with E-state index in [2.05, 4.69) is 30.0 Å². The number of hydrogen-bond acceptors (Lipinski definition) is 8. The minimum Gasteiger partial charge on any atom is -0.452 e. The maximum atomic E-state index is 12.6. The fourth-order valence-electron chi connectivity index (χ4n) is 5.35. The number of nitrogens with one attached hydrogen (secondary N) is 1. The number of benzene rings is 2. The summed E-state index contributed by atoms with van der Waals surface area (Å²) in [6.07, 6.45) is 10.5. The van der Waals surface area contributed by atoms with Crippen LogP contribution in [0.15, 0.2) is 79.5 Å². The van der Waals surface area contributed by atoms with Gasteiger partial charge in [-0.15, -0.1) is 0 Å². The van der Waals surface area contributed by atoms with E-state index in [1.165, 1.54) is 12.1 Å². The molecule has 5 aromatic rings. The van der Waals surface area contributed by atoms with E-state index in [-0.39, 0.29) is 11.8 Å². The van der Waals surface area contributed by atoms with E-state index < -0.39 is 12.2 Å². The highest BCUT2D eigenvalue weighted by Crippen LogP contribution is 2.40. The maximum absolute atomic E-state index is 12.6. The number of aromatic nitrogens is 5. The molecule has 12 heteroatoms. The van der Waals surface area contributed by atoms with Gasteiger partial charge >= 0.3 is 12.6 Å². The number of hydrogen-bond donors (Lipinski definition) is 1. The fraction of sp³-hybridized carbons (Fsp3) is 0.233. The Balaban J connectivity index is 1.32. The lowest BCUT2D eigenvalue weighted by atomic mass is 9.81. The smallest absolute Gasteiger partial charge is 0.387 e. The van der Waals surface area contributed by atoms with Crippen molar-refractivity contribution in [2.24, 2.45) is 0 Å². The highest BCUT2D eigenvalue weighted by molar-refractivity contribution is 5.75. The second kappa shape index (κ2) is 11.4. The molecule has 1 N–H and O–H groups in total. The van der Waals surface area contributed by atoms with Crippen molar-refractivity contribution < 1.29 is 23.0 Å². The van der Waals surface area contributed by atoms with Gasteiger partial charge in [0, 0.05) is 67.5 Å². The number of carbonyl (C=O) groups is 1. The first-order chi connectivity index (χ1) is 20.5. The Labute approximate surface area is 240 Å². The Kier molecular flexibility index (Phi) is 7.34. The number of anilines is 2. The molecule has 1 aliphatic rings. The lowest BCUT2D eigenvalue weighted by molar-refractivity contribution is -0.121. The van der Waals surface area contributed by atoms with E-state index in [0.29, 0.717) is 37.4 Å². The molecule has 214 valence electrons. The maximum Gasteiger partial charge on any atom is 0.387 e. The zero-order valence-electron chi connectivity index (χ0n) is 22.7. The van der Waals surface area contributed by atoms with Crippen molar-refractivity contribution in [3.05, 3.63) is 90.6 Å². The number of halogens is 2. The number of carbonyl (C=O) groups excluding carboxylic acids is 1. The van der Waals surface area contributed by atoms with Gasteiger partial charge in [0.15, 0.2) is 11.5 Å². The Morgan fingerprint density at radius 1 is 0.976 bits per heavy atom. The summed E-state index contributed by atoms with van der Waals surface area (Å²) in [4.78, 5) is 30.9. The molecule has 1 aliphatic heterocycles. The summed E-state index contributed by atoms with van der Waals surface area (Å²) >= 11 is 0. The van der Waals surface area contributed by atoms with Gasteiger partial charge in [-0.1, -0.05) is 12.1 Å². The summed E-state index contributed by atoms with van der Waals surface area (Å²) in [7, 11) is 0. The summed E-state index contributed by atoms with van der Waals surface area (Å²) in [6.45, 7) is 0.215. The topological polar surface area (TPSA) is 107 Å². The number of fused-ring (bicyclic) bond motifs is 1. The molecule has 0 bridgehead atoms. The molecule has 1 fully saturated rings. The van der Waals surface area contributed by atoms with Crippen molar-refractivity contribution in [1.82, 2.24) is 29.2 Å². The predicted octanol–water partition coefficient (Wildman–Crippen LogP) is 5.37. The van der Waals surface area contributed by atoms with E-state index in [1.807, 2.05) is 29.5 Å². The standard InChI is InChI=1S/C30H27F2N7O3/c1-20-23(30(10-15-38(19-40)16-11-30)42-29-34-12-3-13-35-29)4-2-5-24(20)37-26-27-36-18-25(39(27)17-14-33-26)21-6-8-22(9-7-21)41-28(31)32/h2-9,12-14,17-19,28H,10-11,15-16H2,1H3,(H,33,37). The number of alkyl halides is 2. The number of amides is 1. The number of nitrogens with zero attached hydrogens (tertiary/aromatic N) is 6. The summed E-state index contributed by atoms with van der Waals surface area (Å²) in [5, 5.41) is 3.44. The molecule has 3 aromatic heterocycles. The molecule has 0 radical (unpaired) electrons. The van der Waals surface area contributed by atoms with Crippen LogP contribution in [0, 0.1) is 6.92 Å². The highest BCUT2D eigenvalue weighted by atomic mass is 19.3. The summed E-state index contributed by atoms with van der Waals surface area (Å²) in [5.41, 5.74) is 4.15. The van der Waals surface area contributed by atoms with Gasteiger partial charge < -0.3 is 19.7 Å². The van der Waals surface area contributed by atoms with Gasteiger partial charge in [0.2, 0.25) is 6.41 Å². The van der Waals surface area contributed by atoms with Crippen LogP contribution < -0.4 is 14.8 Å². The molecule has 1 saturated heterocycles. The van der Waals surface area contributed by atoms with Gasteiger partial charge in [0.25, 0.3) is 0 Å². The van der Waals surface area contributed by atoms with Crippen LogP contribution in [0.3, 0.4) is 0 Å². The SMILES string of the molecule is Cc1c(Nc2nccn3c(-c4ccc(OC(F)F)cc4)cnc23)cccc1C1(Oc2ncccn2)CCN(C=O)CC1. The normalized spacial score (nSPS) is 14.6. The summed E-state index contributed by atoms with van der Waals surface area (Å²) < 4.78 is 37.9. The molecule has 10 nitrogen and oxygen atoms in total. The van der Waals surface area contributed by atoms with Gasteiger partial charge in [0.1, 0.15) is 11.4 Å². The van der Waals surface area contributed by atoms with Crippen LogP contribution in [-0.2, 0) is 10.4 Å². The van der Waals surface area contributed by atoms with Crippen molar-refractivity contribution in [2.45, 2.75) is 32.0 Å². The molecule has 42 heavy (non-hydrogen) atoms. The second-order valence-corrected chi connectivity index (χ2v) is 9.89. The Morgan fingerprint density at radius 3 is 2.45 bits per heavy atom. The number of piperidine rings is 1. The summed E-state index contributed by atoms with van der Waals surface area (Å²) in [5.74, 6) is 0.623. The van der Waals surface area contributed by atoms with E-state index in [4.69, 9.17) is 4.74 Å². The van der Waals surface area contributed by atoms with Crippen LogP contribution in [0.1, 0.15) is 24.0 Å². The third kappa shape index (κ3) is 5.30. The summed E-state index contributed by atoms with van der Waals surface area (Å²) in [6, 6.07) is 14.3. The van der Waals surface area contributed by atoms with Gasteiger partial charge in [0.05, 0.1) is 11.9 Å². The van der Waals surface area contributed by atoms with Crippen LogP contribution >= 0.6 is 0 Å². The molecule has 0 spiro atoms. The minimum absolute atomic E-state index is 0.0827. The lowest BCUT2D eigenvalue weighted by Gasteiger charge is -2.41. The van der Waals surface area contributed by atoms with Gasteiger partial charge in [-0.25, -0.2) is 19.9 Å². The first-order valence-corrected chi connectivity index (χ1v) is 13.4. The number of rotatable bonds is 9. The zero-order chi connectivity index (χ0) is 29.1. The average Bonchev–Trinajstić information content (AvgIpc) is 3.44. The van der Waals surface area contributed by atoms with Crippen molar-refractivity contribution in [2.75, 3.05) is 18.4 Å². The van der Waals surface area contributed by atoms with E-state index in [9.17, 15) is 13.6 Å². The van der Waals surface area contributed by atoms with Crippen molar-refractivity contribution >= 4 is 23.6 Å². The number of likely N-dealkylation sites (tertiary alicyclic amines) is 1. The van der Waals surface area contributed by atoms with E-state index in [1.54, 1.807) is 54.1 Å². The first-order valence-electron chi connectivity index (χ1n) is 13.4. The van der Waals surface area contributed by atoms with E-state index in [0.717, 1.165) is 34.5 Å². The largest absolute Gasteiger partial charge is 0.452 e. The van der Waals surface area contributed by atoms with Crippen LogP contribution in [0.2, 0.25) is 0 Å². The molecular formula is C30H27F2N7O3. The molecule has 0 atom stereocenters. The van der Waals surface area contributed by atoms with Crippen LogP contribution in [-0.4, -0.2) is 55.3 Å². The van der Waals surface area contributed by atoms with Gasteiger partial charge in [-0.3, -0.25) is 9.20 Å². The molecule has 0 unspecified atom stereocenters. The fourth-order valence-corrected chi connectivity index (χ4v) is 5.35. The highest BCUT2D eigenvalue weighted by Gasteiger charge is 2.40. The van der Waals surface area contributed by atoms with Crippen molar-refractivity contribution in [3.63, 3.8) is 0 Å². The molecule has 1 amide bonds. The van der Waals surface area contributed by atoms with Gasteiger partial charge in [-0.05, 0) is 48.9 Å². The molecule has 4 heterocycles. The van der Waals surface area contributed by atoms with Crippen molar-refractivity contribution in [1.29, 1.82) is 0 Å². The predicted molar refractivity (Wildman–Crippen MR) is 151 cm³/mol. The number of ether oxygens (including phenoxy) is 2. The average molecular weight is 572 g/mol. The molecule has 2 aromatic carbocycles. The first kappa shape index (κ1) is 27.1. The second-order valence-electron chi connectivity index (χ2n) is 9.89. The number of imidazole rings is 1. The van der Waals surface area contributed by atoms with Crippen LogP contribution in [0.5, 0.6) is 11.8 Å². The minimum atomic E-state index is -2.88. The Hall–Kier alpha value is -5.13. The van der Waals surface area contributed by atoms with E-state index >= 15 is 0 Å². The lowest BCUT2D eigenvalue weighted by Crippen LogP contribution is -2.46. The quantitative estimate of drug-likeness (QED) is 0.236. The third-order valence-electron chi connectivity index (χ3n) is 7.46.